The topological polar surface area (TPSA) is 69.7 Å². The number of piperazine rings is 1. The minimum absolute atomic E-state index is 0.0162. The molecule has 94 valence electrons. The van der Waals surface area contributed by atoms with Gasteiger partial charge in [0.25, 0.3) is 0 Å². The van der Waals surface area contributed by atoms with Crippen molar-refractivity contribution >= 4 is 15.9 Å². The van der Waals surface area contributed by atoms with Gasteiger partial charge in [0, 0.05) is 25.7 Å². The third-order valence-electron chi connectivity index (χ3n) is 2.67. The average Bonchev–Trinajstić information content (AvgIpc) is 2.16. The van der Waals surface area contributed by atoms with Crippen molar-refractivity contribution in [3.63, 3.8) is 0 Å². The molecule has 1 heterocycles. The zero-order valence-corrected chi connectivity index (χ0v) is 10.7. The molecule has 16 heavy (non-hydrogen) atoms. The molecular weight excluding hydrogens is 230 g/mol. The number of amides is 1. The zero-order chi connectivity index (χ0) is 12.3. The summed E-state index contributed by atoms with van der Waals surface area (Å²) in [5, 5.41) is 2.80. The van der Waals surface area contributed by atoms with Crippen LogP contribution in [0.1, 0.15) is 6.92 Å². The number of carbonyl (C=O) groups is 1. The summed E-state index contributed by atoms with van der Waals surface area (Å²) < 4.78 is 24.3. The van der Waals surface area contributed by atoms with E-state index in [1.807, 2.05) is 6.92 Å². The quantitative estimate of drug-likeness (QED) is 0.675. The van der Waals surface area contributed by atoms with Crippen molar-refractivity contribution in [3.05, 3.63) is 0 Å². The summed E-state index contributed by atoms with van der Waals surface area (Å²) in [4.78, 5) is 13.3. The number of rotatable bonds is 3. The largest absolute Gasteiger partial charge is 0.339 e. The molecule has 0 aliphatic carbocycles. The van der Waals surface area contributed by atoms with Crippen LogP contribution in [0.4, 0.5) is 0 Å². The van der Waals surface area contributed by atoms with Gasteiger partial charge in [-0.15, -0.1) is 0 Å². The van der Waals surface area contributed by atoms with E-state index >= 15 is 0 Å². The summed E-state index contributed by atoms with van der Waals surface area (Å²) in [6, 6.07) is -0.149. The van der Waals surface area contributed by atoms with Crippen LogP contribution in [0.3, 0.4) is 0 Å². The van der Waals surface area contributed by atoms with Crippen molar-refractivity contribution < 1.29 is 13.2 Å². The van der Waals surface area contributed by atoms with Gasteiger partial charge in [0.15, 0.2) is 0 Å². The molecule has 1 N–H and O–H groups in total. The Morgan fingerprint density at radius 1 is 1.44 bits per heavy atom. The first-order chi connectivity index (χ1) is 7.36. The predicted octanol–water partition coefficient (Wildman–Crippen LogP) is -1.30. The molecule has 1 aliphatic heterocycles. The molecule has 0 unspecified atom stereocenters. The lowest BCUT2D eigenvalue weighted by atomic mass is 10.2. The van der Waals surface area contributed by atoms with Crippen LogP contribution in [0, 0.1) is 0 Å². The van der Waals surface area contributed by atoms with Gasteiger partial charge in [-0.3, -0.25) is 4.79 Å². The number of sulfonamides is 1. The number of carbonyl (C=O) groups excluding carboxylic acids is 1. The first-order valence-electron chi connectivity index (χ1n) is 5.25. The molecular formula is C9H19N3O3S. The van der Waals surface area contributed by atoms with E-state index in [4.69, 9.17) is 0 Å². The molecule has 0 saturated carbocycles. The summed E-state index contributed by atoms with van der Waals surface area (Å²) in [5.74, 6) is 0.0162. The fourth-order valence-corrected chi connectivity index (χ4v) is 3.06. The second-order valence-electron chi connectivity index (χ2n) is 4.09. The Labute approximate surface area is 96.6 Å². The molecule has 0 aromatic heterocycles. The molecule has 0 spiro atoms. The second kappa shape index (κ2) is 5.11. The fourth-order valence-electron chi connectivity index (χ4n) is 1.92. The maximum Gasteiger partial charge on any atom is 0.236 e. The summed E-state index contributed by atoms with van der Waals surface area (Å²) in [6.45, 7) is 3.44. The number of hydrogen-bond donors (Lipinski definition) is 1. The Hall–Kier alpha value is -0.660. The van der Waals surface area contributed by atoms with E-state index < -0.39 is 10.0 Å². The van der Waals surface area contributed by atoms with Crippen LogP contribution in [0.25, 0.3) is 0 Å². The minimum Gasteiger partial charge on any atom is -0.339 e. The van der Waals surface area contributed by atoms with Crippen molar-refractivity contribution in [2.24, 2.45) is 0 Å². The molecule has 7 heteroatoms. The molecule has 1 atom stereocenters. The van der Waals surface area contributed by atoms with Gasteiger partial charge in [-0.2, -0.15) is 4.31 Å². The molecule has 6 nitrogen and oxygen atoms in total. The average molecular weight is 249 g/mol. The summed E-state index contributed by atoms with van der Waals surface area (Å²) in [6.07, 6.45) is 1.20. The monoisotopic (exact) mass is 249 g/mol. The van der Waals surface area contributed by atoms with E-state index in [1.165, 1.54) is 10.6 Å². The van der Waals surface area contributed by atoms with E-state index in [0.717, 1.165) is 0 Å². The van der Waals surface area contributed by atoms with E-state index in [9.17, 15) is 13.2 Å². The van der Waals surface area contributed by atoms with Gasteiger partial charge in [0.05, 0.1) is 12.8 Å². The molecule has 0 radical (unpaired) electrons. The van der Waals surface area contributed by atoms with Crippen LogP contribution in [0.15, 0.2) is 0 Å². The van der Waals surface area contributed by atoms with Gasteiger partial charge < -0.3 is 10.2 Å². The number of nitrogens with zero attached hydrogens (tertiary/aromatic N) is 2. The van der Waals surface area contributed by atoms with Crippen LogP contribution in [-0.2, 0) is 14.8 Å². The normalized spacial score (nSPS) is 23.4. The Morgan fingerprint density at radius 2 is 2.06 bits per heavy atom. The molecule has 0 aromatic carbocycles. The second-order valence-corrected chi connectivity index (χ2v) is 6.03. The maximum atomic E-state index is 11.6. The number of likely N-dealkylation sites (N-methyl/N-ethyl adjacent to an activating group) is 1. The van der Waals surface area contributed by atoms with Gasteiger partial charge in [0.1, 0.15) is 0 Å². The molecule has 0 aromatic rings. The highest BCUT2D eigenvalue weighted by Crippen LogP contribution is 2.12. The van der Waals surface area contributed by atoms with Crippen LogP contribution in [0.2, 0.25) is 0 Å². The first-order valence-corrected chi connectivity index (χ1v) is 7.10. The van der Waals surface area contributed by atoms with Crippen LogP contribution >= 0.6 is 0 Å². The zero-order valence-electron chi connectivity index (χ0n) is 9.93. The standard InChI is InChI=1S/C9H19N3O3S/c1-8-7-11(9(13)6-10-2)4-5-12(8)16(3,14)15/h8,10H,4-7H2,1-3H3/t8-/m0/s1. The molecule has 1 amide bonds. The molecule has 1 aliphatic rings. The predicted molar refractivity (Wildman–Crippen MR) is 61.5 cm³/mol. The van der Waals surface area contributed by atoms with Crippen molar-refractivity contribution in [1.29, 1.82) is 0 Å². The van der Waals surface area contributed by atoms with E-state index in [0.29, 0.717) is 26.2 Å². The summed E-state index contributed by atoms with van der Waals surface area (Å²) in [7, 11) is -1.44. The summed E-state index contributed by atoms with van der Waals surface area (Å²) >= 11 is 0. The number of hydrogen-bond acceptors (Lipinski definition) is 4. The lowest BCUT2D eigenvalue weighted by Gasteiger charge is -2.38. The SMILES string of the molecule is CNCC(=O)N1CCN(S(C)(=O)=O)[C@@H](C)C1. The molecule has 1 fully saturated rings. The highest BCUT2D eigenvalue weighted by molar-refractivity contribution is 7.88. The Balaban J connectivity index is 2.62. The maximum absolute atomic E-state index is 11.6. The molecule has 0 bridgehead atoms. The molecule has 1 rings (SSSR count). The Kier molecular flexibility index (Phi) is 4.28. The minimum atomic E-state index is -3.16. The fraction of sp³-hybridized carbons (Fsp3) is 0.889. The van der Waals surface area contributed by atoms with Crippen molar-refractivity contribution in [2.75, 3.05) is 39.5 Å². The van der Waals surface area contributed by atoms with Gasteiger partial charge in [0.2, 0.25) is 15.9 Å². The van der Waals surface area contributed by atoms with Gasteiger partial charge in [-0.05, 0) is 14.0 Å². The third-order valence-corrected chi connectivity index (χ3v) is 4.07. The van der Waals surface area contributed by atoms with Gasteiger partial charge >= 0.3 is 0 Å². The van der Waals surface area contributed by atoms with E-state index in [2.05, 4.69) is 5.32 Å². The lowest BCUT2D eigenvalue weighted by Crippen LogP contribution is -2.56. The number of nitrogens with one attached hydrogen (secondary N) is 1. The van der Waals surface area contributed by atoms with Crippen molar-refractivity contribution in [2.45, 2.75) is 13.0 Å². The smallest absolute Gasteiger partial charge is 0.236 e. The molecule has 1 saturated heterocycles. The van der Waals surface area contributed by atoms with Crippen molar-refractivity contribution in [1.82, 2.24) is 14.5 Å². The first kappa shape index (κ1) is 13.4. The Bertz CT molecular complexity index is 355. The Morgan fingerprint density at radius 3 is 2.50 bits per heavy atom. The lowest BCUT2D eigenvalue weighted by molar-refractivity contribution is -0.132. The van der Waals surface area contributed by atoms with Crippen molar-refractivity contribution in [3.8, 4) is 0 Å². The van der Waals surface area contributed by atoms with E-state index in [1.54, 1.807) is 11.9 Å². The summed E-state index contributed by atoms with van der Waals surface area (Å²) in [5.41, 5.74) is 0. The van der Waals surface area contributed by atoms with Gasteiger partial charge in [-0.25, -0.2) is 8.42 Å². The highest BCUT2D eigenvalue weighted by Gasteiger charge is 2.31. The van der Waals surface area contributed by atoms with Gasteiger partial charge in [-0.1, -0.05) is 0 Å². The highest BCUT2D eigenvalue weighted by atomic mass is 32.2. The van der Waals surface area contributed by atoms with E-state index in [-0.39, 0.29) is 11.9 Å². The third kappa shape index (κ3) is 3.16. The van der Waals surface area contributed by atoms with Crippen LogP contribution in [0.5, 0.6) is 0 Å². The van der Waals surface area contributed by atoms with Crippen LogP contribution < -0.4 is 5.32 Å². The van der Waals surface area contributed by atoms with Crippen LogP contribution in [-0.4, -0.2) is 69.1 Å².